The van der Waals surface area contributed by atoms with Gasteiger partial charge in [-0.3, -0.25) is 0 Å². The van der Waals surface area contributed by atoms with E-state index in [1.54, 1.807) is 13.2 Å². The standard InChI is InChI=1S/C8H9FNO2/c1-11-5-6-12-8-4-2-3-7(9)10-8/h2,4H,5-6H2,1H3. The lowest BCUT2D eigenvalue weighted by Gasteiger charge is -2.02. The van der Waals surface area contributed by atoms with Crippen LogP contribution in [0.1, 0.15) is 0 Å². The molecular weight excluding hydrogens is 161 g/mol. The average molecular weight is 170 g/mol. The summed E-state index contributed by atoms with van der Waals surface area (Å²) in [6.45, 7) is 0.828. The van der Waals surface area contributed by atoms with Crippen molar-refractivity contribution in [2.45, 2.75) is 0 Å². The first-order valence-corrected chi connectivity index (χ1v) is 3.49. The lowest BCUT2D eigenvalue weighted by molar-refractivity contribution is 0.143. The van der Waals surface area contributed by atoms with Gasteiger partial charge < -0.3 is 9.47 Å². The monoisotopic (exact) mass is 170 g/mol. The maximum absolute atomic E-state index is 12.4. The van der Waals surface area contributed by atoms with Gasteiger partial charge in [-0.1, -0.05) is 0 Å². The smallest absolute Gasteiger partial charge is 0.224 e. The molecule has 0 bridgehead atoms. The van der Waals surface area contributed by atoms with Gasteiger partial charge in [0.05, 0.1) is 6.61 Å². The number of ether oxygens (including phenoxy) is 2. The Morgan fingerprint density at radius 1 is 1.58 bits per heavy atom. The van der Waals surface area contributed by atoms with Gasteiger partial charge in [0.2, 0.25) is 11.8 Å². The van der Waals surface area contributed by atoms with E-state index in [1.165, 1.54) is 6.07 Å². The number of nitrogens with zero attached hydrogens (tertiary/aromatic N) is 1. The Hall–Kier alpha value is -1.16. The highest BCUT2D eigenvalue weighted by molar-refractivity contribution is 5.09. The molecule has 0 aliphatic heterocycles. The molecule has 1 aromatic rings. The van der Waals surface area contributed by atoms with Gasteiger partial charge in [-0.2, -0.15) is 9.37 Å². The number of hydrogen-bond acceptors (Lipinski definition) is 3. The van der Waals surface area contributed by atoms with E-state index >= 15 is 0 Å². The van der Waals surface area contributed by atoms with Crippen LogP contribution in [0.15, 0.2) is 12.1 Å². The van der Waals surface area contributed by atoms with E-state index in [0.717, 1.165) is 0 Å². The molecular formula is C8H9FNO2. The largest absolute Gasteiger partial charge is 0.475 e. The highest BCUT2D eigenvalue weighted by atomic mass is 19.1. The second-order valence-electron chi connectivity index (χ2n) is 2.06. The van der Waals surface area contributed by atoms with Crippen LogP contribution in [-0.2, 0) is 4.74 Å². The summed E-state index contributed by atoms with van der Waals surface area (Å²) in [5, 5.41) is 0. The summed E-state index contributed by atoms with van der Waals surface area (Å²) in [6, 6.07) is 5.23. The van der Waals surface area contributed by atoms with E-state index in [-0.39, 0.29) is 5.88 Å². The minimum Gasteiger partial charge on any atom is -0.475 e. The van der Waals surface area contributed by atoms with Crippen molar-refractivity contribution in [1.29, 1.82) is 0 Å². The number of hydrogen-bond donors (Lipinski definition) is 0. The molecule has 0 N–H and O–H groups in total. The van der Waals surface area contributed by atoms with Crippen LogP contribution in [0, 0.1) is 12.0 Å². The molecule has 0 aromatic carbocycles. The molecule has 0 amide bonds. The maximum atomic E-state index is 12.4. The summed E-state index contributed by atoms with van der Waals surface area (Å²) >= 11 is 0. The molecule has 0 aliphatic carbocycles. The van der Waals surface area contributed by atoms with E-state index in [4.69, 9.17) is 9.47 Å². The first-order valence-electron chi connectivity index (χ1n) is 3.49. The Labute approximate surface area is 70.1 Å². The molecule has 0 unspecified atom stereocenters. The summed E-state index contributed by atoms with van der Waals surface area (Å²) < 4.78 is 22.2. The van der Waals surface area contributed by atoms with Crippen molar-refractivity contribution in [2.75, 3.05) is 20.3 Å². The van der Waals surface area contributed by atoms with E-state index in [1.807, 2.05) is 0 Å². The van der Waals surface area contributed by atoms with E-state index in [9.17, 15) is 4.39 Å². The van der Waals surface area contributed by atoms with Crippen molar-refractivity contribution in [3.05, 3.63) is 24.1 Å². The van der Waals surface area contributed by atoms with Crippen LogP contribution in [0.3, 0.4) is 0 Å². The summed E-state index contributed by atoms with van der Waals surface area (Å²) in [5.74, 6) is -0.409. The molecule has 3 nitrogen and oxygen atoms in total. The lowest BCUT2D eigenvalue weighted by atomic mass is 10.5. The number of methoxy groups -OCH3 is 1. The zero-order valence-electron chi connectivity index (χ0n) is 6.71. The van der Waals surface area contributed by atoms with Gasteiger partial charge in [0.25, 0.3) is 0 Å². The van der Waals surface area contributed by atoms with Gasteiger partial charge in [-0.05, 0) is 6.07 Å². The van der Waals surface area contributed by atoms with Crippen LogP contribution in [0.2, 0.25) is 0 Å². The van der Waals surface area contributed by atoms with E-state index in [0.29, 0.717) is 13.2 Å². The molecule has 12 heavy (non-hydrogen) atoms. The predicted octanol–water partition coefficient (Wildman–Crippen LogP) is 1.05. The van der Waals surface area contributed by atoms with Crippen LogP contribution in [0.4, 0.5) is 4.39 Å². The first-order chi connectivity index (χ1) is 5.83. The quantitative estimate of drug-likeness (QED) is 0.500. The van der Waals surface area contributed by atoms with Gasteiger partial charge >= 0.3 is 0 Å². The third-order valence-corrected chi connectivity index (χ3v) is 1.17. The fourth-order valence-corrected chi connectivity index (χ4v) is 0.658. The SMILES string of the molecule is COCCOc1cc[c]c(F)n1. The first kappa shape index (κ1) is 8.93. The number of aromatic nitrogens is 1. The van der Waals surface area contributed by atoms with E-state index in [2.05, 4.69) is 11.1 Å². The third-order valence-electron chi connectivity index (χ3n) is 1.17. The van der Waals surface area contributed by atoms with Gasteiger partial charge in [-0.15, -0.1) is 0 Å². The third kappa shape index (κ3) is 2.84. The average Bonchev–Trinajstić information content (AvgIpc) is 2.05. The number of pyridine rings is 1. The van der Waals surface area contributed by atoms with Gasteiger partial charge in [0.1, 0.15) is 6.61 Å². The molecule has 0 saturated carbocycles. The summed E-state index contributed by atoms with van der Waals surface area (Å²) in [5.41, 5.74) is 0. The lowest BCUT2D eigenvalue weighted by Crippen LogP contribution is -2.05. The fraction of sp³-hybridized carbons (Fsp3) is 0.375. The molecule has 0 saturated heterocycles. The topological polar surface area (TPSA) is 31.4 Å². The van der Waals surface area contributed by atoms with Crippen LogP contribution < -0.4 is 4.74 Å². The maximum Gasteiger partial charge on any atom is 0.224 e. The van der Waals surface area contributed by atoms with Crippen molar-refractivity contribution >= 4 is 0 Å². The van der Waals surface area contributed by atoms with Crippen LogP contribution in [0.25, 0.3) is 0 Å². The molecule has 1 radical (unpaired) electrons. The van der Waals surface area contributed by atoms with Crippen molar-refractivity contribution in [3.63, 3.8) is 0 Å². The second-order valence-corrected chi connectivity index (χ2v) is 2.06. The Morgan fingerprint density at radius 3 is 3.08 bits per heavy atom. The predicted molar refractivity (Wildman–Crippen MR) is 40.4 cm³/mol. The zero-order chi connectivity index (χ0) is 8.81. The highest BCUT2D eigenvalue weighted by Crippen LogP contribution is 2.04. The number of halogens is 1. The molecule has 0 fully saturated rings. The summed E-state index contributed by atoms with van der Waals surface area (Å²) in [6.07, 6.45) is 0. The minimum absolute atomic E-state index is 0.253. The van der Waals surface area contributed by atoms with Gasteiger partial charge in [-0.25, -0.2) is 0 Å². The Bertz CT molecular complexity index is 242. The summed E-state index contributed by atoms with van der Waals surface area (Å²) in [4.78, 5) is 3.44. The molecule has 1 rings (SSSR count). The summed E-state index contributed by atoms with van der Waals surface area (Å²) in [7, 11) is 1.57. The van der Waals surface area contributed by atoms with Crippen molar-refractivity contribution in [1.82, 2.24) is 4.98 Å². The van der Waals surface area contributed by atoms with Crippen LogP contribution in [0.5, 0.6) is 5.88 Å². The molecule has 0 aliphatic rings. The molecule has 1 aromatic heterocycles. The molecule has 0 spiro atoms. The van der Waals surface area contributed by atoms with Crippen molar-refractivity contribution in [2.24, 2.45) is 0 Å². The minimum atomic E-state index is -0.662. The Kier molecular flexibility index (Phi) is 3.47. The molecule has 4 heteroatoms. The van der Waals surface area contributed by atoms with Gasteiger partial charge in [0, 0.05) is 19.2 Å². The fourth-order valence-electron chi connectivity index (χ4n) is 0.658. The van der Waals surface area contributed by atoms with Gasteiger partial charge in [0.15, 0.2) is 0 Å². The van der Waals surface area contributed by atoms with E-state index < -0.39 is 5.95 Å². The molecule has 65 valence electrons. The van der Waals surface area contributed by atoms with Crippen molar-refractivity contribution in [3.8, 4) is 5.88 Å². The molecule has 1 heterocycles. The second kappa shape index (κ2) is 4.66. The Morgan fingerprint density at radius 2 is 2.42 bits per heavy atom. The van der Waals surface area contributed by atoms with Crippen LogP contribution >= 0.6 is 0 Å². The normalized spacial score (nSPS) is 9.83. The van der Waals surface area contributed by atoms with Crippen molar-refractivity contribution < 1.29 is 13.9 Å². The highest BCUT2D eigenvalue weighted by Gasteiger charge is 1.96. The Balaban J connectivity index is 2.41. The van der Waals surface area contributed by atoms with Crippen LogP contribution in [-0.4, -0.2) is 25.3 Å². The number of rotatable bonds is 4. The zero-order valence-corrected chi connectivity index (χ0v) is 6.71. The molecule has 0 atom stereocenters.